The maximum atomic E-state index is 11.6. The Morgan fingerprint density at radius 1 is 1.50 bits per heavy atom. The summed E-state index contributed by atoms with van der Waals surface area (Å²) < 4.78 is 6.47. The first kappa shape index (κ1) is 13.1. The molecule has 0 amide bonds. The second-order valence-electron chi connectivity index (χ2n) is 4.54. The van der Waals surface area contributed by atoms with Crippen LogP contribution in [0.25, 0.3) is 11.2 Å². The van der Waals surface area contributed by atoms with E-state index in [9.17, 15) is 15.0 Å². The van der Waals surface area contributed by atoms with Gasteiger partial charge in [-0.1, -0.05) is 0 Å². The molecule has 10 heteroatoms. The second kappa shape index (κ2) is 4.33. The van der Waals surface area contributed by atoms with Crippen molar-refractivity contribution in [2.24, 2.45) is 5.73 Å². The van der Waals surface area contributed by atoms with Crippen LogP contribution in [-0.2, 0) is 10.6 Å². The van der Waals surface area contributed by atoms with Crippen LogP contribution in [-0.4, -0.2) is 59.8 Å². The van der Waals surface area contributed by atoms with Gasteiger partial charge < -0.3 is 25.0 Å². The minimum absolute atomic E-state index is 0.0232. The monoisotopic (exact) mass is 283 g/mol. The number of hydrogen-bond acceptors (Lipinski definition) is 8. The normalized spacial score (nSPS) is 33.9. The zero-order valence-corrected chi connectivity index (χ0v) is 10.2. The van der Waals surface area contributed by atoms with Gasteiger partial charge in [0, 0.05) is 0 Å². The largest absolute Gasteiger partial charge is 0.394 e. The van der Waals surface area contributed by atoms with Gasteiger partial charge in [0.25, 0.3) is 5.56 Å². The minimum Gasteiger partial charge on any atom is -0.394 e. The van der Waals surface area contributed by atoms with Gasteiger partial charge >= 0.3 is 0 Å². The molecule has 3 heterocycles. The van der Waals surface area contributed by atoms with Crippen LogP contribution < -0.4 is 11.3 Å². The molecule has 6 N–H and O–H groups in total. The molecule has 1 saturated heterocycles. The number of aliphatic hydroxyl groups is 3. The Kier molecular flexibility index (Phi) is 2.84. The molecular weight excluding hydrogens is 270 g/mol. The molecule has 1 fully saturated rings. The molecule has 4 atom stereocenters. The van der Waals surface area contributed by atoms with Crippen molar-refractivity contribution in [3.05, 3.63) is 23.0 Å². The number of imidazole rings is 1. The van der Waals surface area contributed by atoms with E-state index in [0.29, 0.717) is 0 Å². The maximum Gasteiger partial charge on any atom is 0.278 e. The summed E-state index contributed by atoms with van der Waals surface area (Å²) in [6.45, 7) is -0.516. The molecule has 0 spiro atoms. The molecule has 20 heavy (non-hydrogen) atoms. The molecule has 1 aliphatic rings. The molecule has 108 valence electrons. The number of hydrogen-bond donors (Lipinski definition) is 5. The van der Waals surface area contributed by atoms with Crippen molar-refractivity contribution in [2.45, 2.75) is 24.2 Å². The first-order valence-electron chi connectivity index (χ1n) is 5.84. The van der Waals surface area contributed by atoms with E-state index in [1.165, 1.54) is 6.33 Å². The molecule has 2 aromatic heterocycles. The number of H-pyrrole nitrogens is 1. The summed E-state index contributed by atoms with van der Waals surface area (Å²) in [4.78, 5) is 21.7. The predicted molar refractivity (Wildman–Crippen MR) is 64.3 cm³/mol. The predicted octanol–water partition coefficient (Wildman–Crippen LogP) is -3.20. The summed E-state index contributed by atoms with van der Waals surface area (Å²) in [5.74, 6) is -1.87. The topological polar surface area (TPSA) is 160 Å². The Labute approximate surface area is 111 Å². The average molecular weight is 283 g/mol. The maximum absolute atomic E-state index is 11.6. The molecule has 0 radical (unpaired) electrons. The van der Waals surface area contributed by atoms with Gasteiger partial charge in [0.1, 0.15) is 24.6 Å². The van der Waals surface area contributed by atoms with Crippen LogP contribution in [0.2, 0.25) is 0 Å². The molecule has 10 nitrogen and oxygen atoms in total. The van der Waals surface area contributed by atoms with Gasteiger partial charge in [0.2, 0.25) is 5.85 Å². The van der Waals surface area contributed by atoms with E-state index in [2.05, 4.69) is 15.0 Å². The van der Waals surface area contributed by atoms with Crippen LogP contribution in [0.4, 0.5) is 0 Å². The third-order valence-corrected chi connectivity index (χ3v) is 3.36. The Balaban J connectivity index is 2.15. The Bertz CT molecular complexity index is 699. The quantitative estimate of drug-likeness (QED) is 0.385. The number of aromatic amines is 1. The lowest BCUT2D eigenvalue weighted by molar-refractivity contribution is -0.141. The van der Waals surface area contributed by atoms with Crippen molar-refractivity contribution >= 4 is 11.2 Å². The summed E-state index contributed by atoms with van der Waals surface area (Å²) in [5, 5.41) is 28.9. The van der Waals surface area contributed by atoms with Gasteiger partial charge in [-0.3, -0.25) is 15.1 Å². The van der Waals surface area contributed by atoms with Crippen LogP contribution >= 0.6 is 0 Å². The molecule has 0 aromatic carbocycles. The number of aromatic nitrogens is 4. The lowest BCUT2D eigenvalue weighted by atomic mass is 10.1. The number of nitrogens with two attached hydrogens (primary N) is 1. The molecule has 2 aromatic rings. The molecule has 3 rings (SSSR count). The van der Waals surface area contributed by atoms with E-state index in [0.717, 1.165) is 10.9 Å². The number of nitrogens with one attached hydrogen (secondary N) is 1. The Morgan fingerprint density at radius 2 is 2.25 bits per heavy atom. The summed E-state index contributed by atoms with van der Waals surface area (Å²) in [6.07, 6.45) is -1.59. The van der Waals surface area contributed by atoms with Crippen molar-refractivity contribution in [1.29, 1.82) is 0 Å². The lowest BCUT2D eigenvalue weighted by Gasteiger charge is -2.28. The highest BCUT2D eigenvalue weighted by molar-refractivity contribution is 5.69. The average Bonchev–Trinajstić information content (AvgIpc) is 2.96. The zero-order chi connectivity index (χ0) is 14.5. The van der Waals surface area contributed by atoms with Gasteiger partial charge in [0.05, 0.1) is 12.9 Å². The summed E-state index contributed by atoms with van der Waals surface area (Å²) in [5.41, 5.74) is 5.62. The van der Waals surface area contributed by atoms with Crippen LogP contribution in [0.15, 0.2) is 17.4 Å². The zero-order valence-electron chi connectivity index (χ0n) is 10.2. The first-order chi connectivity index (χ1) is 9.49. The number of aliphatic hydroxyl groups excluding tert-OH is 3. The van der Waals surface area contributed by atoms with Crippen molar-refractivity contribution < 1.29 is 20.1 Å². The molecule has 0 saturated carbocycles. The van der Waals surface area contributed by atoms with E-state index >= 15 is 0 Å². The van der Waals surface area contributed by atoms with E-state index < -0.39 is 36.3 Å². The van der Waals surface area contributed by atoms with Crippen LogP contribution in [0.3, 0.4) is 0 Å². The molecular formula is C10H13N5O5. The van der Waals surface area contributed by atoms with Gasteiger partial charge in [-0.05, 0) is 0 Å². The SMILES string of the molecule is N[C@@]1(n2cnc3c(=O)[nH]cnc32)O[C@H](CO)[C@@H](O)[C@H]1O. The Morgan fingerprint density at radius 3 is 2.90 bits per heavy atom. The van der Waals surface area contributed by atoms with Crippen molar-refractivity contribution in [2.75, 3.05) is 6.61 Å². The highest BCUT2D eigenvalue weighted by Gasteiger charge is 2.53. The van der Waals surface area contributed by atoms with Crippen molar-refractivity contribution in [3.63, 3.8) is 0 Å². The first-order valence-corrected chi connectivity index (χ1v) is 5.84. The third-order valence-electron chi connectivity index (χ3n) is 3.36. The minimum atomic E-state index is -1.87. The standard InChI is InChI=1S/C10H13N5O5/c11-10(7(18)6(17)4(1-16)20-10)15-3-14-5-8(15)12-2-13-9(5)19/h2-4,6-7,16-18H,1,11H2,(H,12,13,19)/t4-,6-,7-,10+/m1/s1. The number of nitrogens with zero attached hydrogens (tertiary/aromatic N) is 3. The van der Waals surface area contributed by atoms with Gasteiger partial charge in [0.15, 0.2) is 11.2 Å². The fourth-order valence-electron chi connectivity index (χ4n) is 2.28. The smallest absolute Gasteiger partial charge is 0.278 e. The van der Waals surface area contributed by atoms with E-state index in [1.54, 1.807) is 0 Å². The number of fused-ring (bicyclic) bond motifs is 1. The van der Waals surface area contributed by atoms with E-state index in [-0.39, 0.29) is 11.2 Å². The van der Waals surface area contributed by atoms with Crippen LogP contribution in [0.5, 0.6) is 0 Å². The van der Waals surface area contributed by atoms with E-state index in [4.69, 9.17) is 15.6 Å². The Hall–Kier alpha value is -1.85. The lowest BCUT2D eigenvalue weighted by Crippen LogP contribution is -2.52. The molecule has 0 aliphatic carbocycles. The van der Waals surface area contributed by atoms with Crippen LogP contribution in [0, 0.1) is 0 Å². The fraction of sp³-hybridized carbons (Fsp3) is 0.500. The molecule has 1 aliphatic heterocycles. The molecule has 0 unspecified atom stereocenters. The molecule has 0 bridgehead atoms. The van der Waals surface area contributed by atoms with Crippen LogP contribution in [0.1, 0.15) is 0 Å². The van der Waals surface area contributed by atoms with Gasteiger partial charge in [-0.2, -0.15) is 0 Å². The number of ether oxygens (including phenoxy) is 1. The summed E-state index contributed by atoms with van der Waals surface area (Å²) >= 11 is 0. The van der Waals surface area contributed by atoms with Gasteiger partial charge in [-0.25, -0.2) is 9.97 Å². The fourth-order valence-corrected chi connectivity index (χ4v) is 2.28. The van der Waals surface area contributed by atoms with Crippen molar-refractivity contribution in [3.8, 4) is 0 Å². The van der Waals surface area contributed by atoms with E-state index in [1.807, 2.05) is 0 Å². The highest BCUT2D eigenvalue weighted by Crippen LogP contribution is 2.32. The van der Waals surface area contributed by atoms with Crippen molar-refractivity contribution in [1.82, 2.24) is 19.5 Å². The number of rotatable bonds is 2. The van der Waals surface area contributed by atoms with Gasteiger partial charge in [-0.15, -0.1) is 0 Å². The highest BCUT2D eigenvalue weighted by atomic mass is 16.6. The third kappa shape index (κ3) is 1.60. The second-order valence-corrected chi connectivity index (χ2v) is 4.54. The summed E-state index contributed by atoms with van der Waals surface area (Å²) in [6, 6.07) is 0. The summed E-state index contributed by atoms with van der Waals surface area (Å²) in [7, 11) is 0.